The van der Waals surface area contributed by atoms with Gasteiger partial charge in [0.25, 0.3) is 0 Å². The number of carbonyl (C=O) groups is 3. The van der Waals surface area contributed by atoms with Crippen LogP contribution in [-0.2, 0) is 0 Å². The van der Waals surface area contributed by atoms with Crippen molar-refractivity contribution >= 4 is 85.0 Å². The number of carboxylic acid groups (broad SMARTS) is 1. The van der Waals surface area contributed by atoms with Crippen LogP contribution in [0.25, 0.3) is 44.3 Å². The molecule has 0 aliphatic rings. The van der Waals surface area contributed by atoms with Crippen molar-refractivity contribution in [2.45, 2.75) is 21.3 Å². The van der Waals surface area contributed by atoms with E-state index in [4.69, 9.17) is 39.9 Å². The zero-order chi connectivity index (χ0) is 41.3. The van der Waals surface area contributed by atoms with Crippen molar-refractivity contribution in [1.29, 1.82) is 0 Å². The maximum atomic E-state index is 11.9. The lowest BCUT2D eigenvalue weighted by molar-refractivity contribution is 0.0696. The molecule has 0 atom stereocenters. The van der Waals surface area contributed by atoms with E-state index in [0.717, 1.165) is 49.9 Å². The molecule has 298 valence electrons. The zero-order valence-electron chi connectivity index (χ0n) is 30.8. The summed E-state index contributed by atoms with van der Waals surface area (Å²) in [6, 6.07) is 32.0. The first-order valence-electron chi connectivity index (χ1n) is 17.4. The fourth-order valence-corrected chi connectivity index (χ4v) is 6.02. The van der Waals surface area contributed by atoms with E-state index in [1.54, 1.807) is 56.6 Å². The molecule has 0 bridgehead atoms. The Hall–Kier alpha value is -6.66. The summed E-state index contributed by atoms with van der Waals surface area (Å²) < 4.78 is 15.8. The third kappa shape index (κ3) is 11.1. The SMILES string of the molecule is C.CC(=O)c1ccc2[nH]ccc2c1.CC(=O)c1ccc2c(ccn2-c2ccc(Cl)cn2)c1.Fc1ccc(Cl)cn1.O=C(O)c1ccc2c(ccn2-c2ccc(Cl)cn2)c1. The molecule has 6 aromatic heterocycles. The lowest BCUT2D eigenvalue weighted by Gasteiger charge is -2.04. The van der Waals surface area contributed by atoms with Gasteiger partial charge in [0.15, 0.2) is 11.6 Å². The number of fused-ring (bicyclic) bond motifs is 3. The molecule has 9 rings (SSSR count). The molecule has 2 N–H and O–H groups in total. The summed E-state index contributed by atoms with van der Waals surface area (Å²) in [7, 11) is 0. The highest BCUT2D eigenvalue weighted by Crippen LogP contribution is 2.23. The van der Waals surface area contributed by atoms with Crippen LogP contribution in [0.1, 0.15) is 52.3 Å². The minimum atomic E-state index is -0.931. The van der Waals surface area contributed by atoms with Crippen molar-refractivity contribution < 1.29 is 23.9 Å². The number of nitrogens with zero attached hydrogens (tertiary/aromatic N) is 5. The van der Waals surface area contributed by atoms with Crippen LogP contribution in [-0.4, -0.2) is 51.7 Å². The summed E-state index contributed by atoms with van der Waals surface area (Å²) in [5, 5.41) is 13.6. The molecular weight excluding hydrogens is 814 g/mol. The highest BCUT2D eigenvalue weighted by Gasteiger charge is 2.09. The quantitative estimate of drug-likeness (QED) is 0.130. The van der Waals surface area contributed by atoms with E-state index < -0.39 is 11.9 Å². The second-order valence-corrected chi connectivity index (χ2v) is 13.9. The van der Waals surface area contributed by atoms with E-state index in [0.29, 0.717) is 20.6 Å². The van der Waals surface area contributed by atoms with Gasteiger partial charge in [0.05, 0.1) is 31.7 Å². The van der Waals surface area contributed by atoms with Crippen LogP contribution >= 0.6 is 34.8 Å². The van der Waals surface area contributed by atoms with Gasteiger partial charge in [0.1, 0.15) is 11.6 Å². The van der Waals surface area contributed by atoms with Crippen LogP contribution in [0.15, 0.2) is 146 Å². The number of benzene rings is 3. The molecule has 14 heteroatoms. The van der Waals surface area contributed by atoms with Gasteiger partial charge in [-0.3, -0.25) is 9.59 Å². The first-order valence-corrected chi connectivity index (χ1v) is 18.5. The van der Waals surface area contributed by atoms with Crippen LogP contribution in [0.2, 0.25) is 15.1 Å². The first kappa shape index (κ1) is 43.5. The number of H-pyrrole nitrogens is 1. The number of hydrogen-bond donors (Lipinski definition) is 2. The van der Waals surface area contributed by atoms with Crippen LogP contribution < -0.4 is 0 Å². The molecule has 59 heavy (non-hydrogen) atoms. The zero-order valence-corrected chi connectivity index (χ0v) is 33.0. The van der Waals surface area contributed by atoms with Crippen LogP contribution in [0, 0.1) is 5.95 Å². The highest BCUT2D eigenvalue weighted by atomic mass is 35.5. The smallest absolute Gasteiger partial charge is 0.335 e. The maximum Gasteiger partial charge on any atom is 0.335 e. The Morgan fingerprint density at radius 2 is 1.03 bits per heavy atom. The van der Waals surface area contributed by atoms with Crippen molar-refractivity contribution in [1.82, 2.24) is 29.1 Å². The lowest BCUT2D eigenvalue weighted by atomic mass is 10.1. The summed E-state index contributed by atoms with van der Waals surface area (Å²) in [4.78, 5) is 48.2. The summed E-state index contributed by atoms with van der Waals surface area (Å²) in [6.07, 6.45) is 10.1. The predicted molar refractivity (Wildman–Crippen MR) is 233 cm³/mol. The van der Waals surface area contributed by atoms with Crippen molar-refractivity contribution in [2.24, 2.45) is 0 Å². The minimum absolute atomic E-state index is 0. The standard InChI is InChI=1S/C15H11ClN2O.C14H9ClN2O2.C10H9NO.C5H3ClFN.CH4/c1-10(19)11-2-4-14-12(8-11)6-7-18(14)15-5-3-13(16)9-17-15;15-11-2-4-13(16-8-11)17-6-5-9-7-10(14(18)19)1-3-12(9)17;1-7(12)8-2-3-10-9(6-8)4-5-11-10;6-4-1-2-5(7)8-3-4;/h2-9H,1H3;1-8H,(H,18,19);2-6,11H,1H3;1-3H;1H4. The molecule has 0 saturated carbocycles. The van der Waals surface area contributed by atoms with Crippen LogP contribution in [0.5, 0.6) is 0 Å². The third-order valence-corrected chi connectivity index (χ3v) is 9.27. The summed E-state index contributed by atoms with van der Waals surface area (Å²) in [5.74, 6) is 0.281. The van der Waals surface area contributed by atoms with E-state index >= 15 is 0 Å². The number of aromatic amines is 1. The molecule has 0 radical (unpaired) electrons. The van der Waals surface area contributed by atoms with Gasteiger partial charge in [-0.2, -0.15) is 4.39 Å². The Labute approximate surface area is 353 Å². The Morgan fingerprint density at radius 3 is 1.47 bits per heavy atom. The van der Waals surface area contributed by atoms with Gasteiger partial charge in [-0.1, -0.05) is 42.2 Å². The number of aromatic nitrogens is 6. The number of Topliss-reactive ketones (excluding diaryl/α,β-unsaturated/α-hetero) is 2. The Kier molecular flexibility index (Phi) is 14.5. The number of aromatic carboxylic acids is 1. The minimum Gasteiger partial charge on any atom is -0.478 e. The molecule has 9 aromatic rings. The molecule has 3 aromatic carbocycles. The van der Waals surface area contributed by atoms with Crippen molar-refractivity contribution in [3.05, 3.63) is 184 Å². The molecule has 0 fully saturated rings. The van der Waals surface area contributed by atoms with Crippen molar-refractivity contribution in [2.75, 3.05) is 0 Å². The van der Waals surface area contributed by atoms with E-state index in [-0.39, 0.29) is 24.6 Å². The monoisotopic (exact) mass is 848 g/mol. The van der Waals surface area contributed by atoms with Crippen molar-refractivity contribution in [3.63, 3.8) is 0 Å². The Balaban J connectivity index is 0.000000156. The average Bonchev–Trinajstić information content (AvgIpc) is 3.98. The fraction of sp³-hybridized carbons (Fsp3) is 0.0667. The Bertz CT molecular complexity index is 2720. The van der Waals surface area contributed by atoms with Gasteiger partial charge in [-0.25, -0.2) is 19.7 Å². The van der Waals surface area contributed by atoms with Gasteiger partial charge in [0, 0.05) is 70.0 Å². The largest absolute Gasteiger partial charge is 0.478 e. The van der Waals surface area contributed by atoms with Crippen molar-refractivity contribution in [3.8, 4) is 11.6 Å². The Morgan fingerprint density at radius 1 is 0.576 bits per heavy atom. The van der Waals surface area contributed by atoms with Gasteiger partial charge in [-0.05, 0) is 123 Å². The second kappa shape index (κ2) is 19.7. The van der Waals surface area contributed by atoms with Gasteiger partial charge in [-0.15, -0.1) is 0 Å². The number of pyridine rings is 3. The first-order chi connectivity index (χ1) is 27.9. The molecule has 10 nitrogen and oxygen atoms in total. The third-order valence-electron chi connectivity index (χ3n) is 8.60. The van der Waals surface area contributed by atoms with Gasteiger partial charge < -0.3 is 19.2 Å². The second-order valence-electron chi connectivity index (χ2n) is 12.6. The van der Waals surface area contributed by atoms with E-state index in [1.165, 1.54) is 18.3 Å². The molecule has 0 saturated heterocycles. The number of carbonyl (C=O) groups excluding carboxylic acids is 2. The number of hydrogen-bond acceptors (Lipinski definition) is 6. The summed E-state index contributed by atoms with van der Waals surface area (Å²) in [5.41, 5.74) is 4.74. The molecule has 0 aliphatic heterocycles. The lowest BCUT2D eigenvalue weighted by Crippen LogP contribution is -1.97. The van der Waals surface area contributed by atoms with Crippen LogP contribution in [0.3, 0.4) is 0 Å². The molecule has 0 spiro atoms. The summed E-state index contributed by atoms with van der Waals surface area (Å²) in [6.45, 7) is 3.15. The number of carboxylic acids is 1. The predicted octanol–water partition coefficient (Wildman–Crippen LogP) is 12.1. The number of nitrogens with one attached hydrogen (secondary N) is 1. The maximum absolute atomic E-state index is 11.9. The van der Waals surface area contributed by atoms with Gasteiger partial charge in [0.2, 0.25) is 5.95 Å². The molecule has 0 unspecified atom stereocenters. The van der Waals surface area contributed by atoms with Crippen LogP contribution in [0.4, 0.5) is 4.39 Å². The van der Waals surface area contributed by atoms with E-state index in [2.05, 4.69) is 19.9 Å². The van der Waals surface area contributed by atoms with E-state index in [1.807, 2.05) is 94.5 Å². The fourth-order valence-electron chi connectivity index (χ4n) is 5.69. The van der Waals surface area contributed by atoms with E-state index in [9.17, 15) is 18.8 Å². The topological polar surface area (TPSA) is 136 Å². The van der Waals surface area contributed by atoms with Gasteiger partial charge >= 0.3 is 5.97 Å². The average molecular weight is 850 g/mol. The molecule has 6 heterocycles. The molecule has 0 aliphatic carbocycles. The highest BCUT2D eigenvalue weighted by molar-refractivity contribution is 6.31. The number of halogens is 4. The number of rotatable bonds is 5. The molecular formula is C45H36Cl3FN6O4. The normalized spacial score (nSPS) is 10.3. The molecule has 0 amide bonds. The summed E-state index contributed by atoms with van der Waals surface area (Å²) >= 11 is 17.0. The number of ketones is 2.